The Labute approximate surface area is 146 Å². The number of sulfone groups is 1. The fourth-order valence-corrected chi connectivity index (χ4v) is 3.85. The van der Waals surface area contributed by atoms with Crippen molar-refractivity contribution in [2.45, 2.75) is 12.8 Å². The maximum Gasteiger partial charge on any atom is 0.223 e. The third-order valence-electron chi connectivity index (χ3n) is 4.18. The highest BCUT2D eigenvalue weighted by Gasteiger charge is 2.24. The first-order valence-corrected chi connectivity index (χ1v) is 9.86. The highest BCUT2D eigenvalue weighted by molar-refractivity contribution is 7.91. The Morgan fingerprint density at radius 3 is 2.56 bits per heavy atom. The van der Waals surface area contributed by atoms with Crippen molar-refractivity contribution >= 4 is 15.7 Å². The Kier molecular flexibility index (Phi) is 5.08. The molecule has 0 atom stereocenters. The molecular weight excluding hydrogens is 344 g/mol. The minimum Gasteiger partial charge on any atom is -0.497 e. The minimum absolute atomic E-state index is 0.0410. The number of carbonyl (C=O) groups excluding carboxylic acids is 1. The van der Waals surface area contributed by atoms with Crippen LogP contribution in [0.5, 0.6) is 5.75 Å². The van der Waals surface area contributed by atoms with Crippen molar-refractivity contribution in [3.05, 3.63) is 36.4 Å². The number of ether oxygens (including phenoxy) is 1. The molecule has 0 radical (unpaired) electrons. The number of carbonyl (C=O) groups is 1. The van der Waals surface area contributed by atoms with Crippen LogP contribution in [-0.2, 0) is 21.1 Å². The summed E-state index contributed by atoms with van der Waals surface area (Å²) in [6.07, 6.45) is 2.27. The van der Waals surface area contributed by atoms with Gasteiger partial charge in [0.15, 0.2) is 21.5 Å². The second-order valence-corrected chi connectivity index (χ2v) is 8.18. The molecule has 2 heterocycles. The van der Waals surface area contributed by atoms with Crippen LogP contribution >= 0.6 is 0 Å². The van der Waals surface area contributed by atoms with E-state index in [2.05, 4.69) is 4.98 Å². The number of hydrogen-bond acceptors (Lipinski definition) is 6. The van der Waals surface area contributed by atoms with E-state index < -0.39 is 9.84 Å². The fourth-order valence-electron chi connectivity index (χ4n) is 2.65. The summed E-state index contributed by atoms with van der Waals surface area (Å²) in [4.78, 5) is 18.0. The first kappa shape index (κ1) is 17.5. The van der Waals surface area contributed by atoms with Gasteiger partial charge in [0.25, 0.3) is 0 Å². The number of oxazole rings is 1. The van der Waals surface area contributed by atoms with E-state index in [-0.39, 0.29) is 36.9 Å². The summed E-state index contributed by atoms with van der Waals surface area (Å²) >= 11 is 0. The third kappa shape index (κ3) is 4.39. The zero-order chi connectivity index (χ0) is 17.9. The normalized spacial score (nSPS) is 16.6. The summed E-state index contributed by atoms with van der Waals surface area (Å²) < 4.78 is 33.6. The Morgan fingerprint density at radius 2 is 1.92 bits per heavy atom. The van der Waals surface area contributed by atoms with E-state index in [1.54, 1.807) is 18.2 Å². The van der Waals surface area contributed by atoms with Gasteiger partial charge >= 0.3 is 0 Å². The van der Waals surface area contributed by atoms with Crippen molar-refractivity contribution in [1.29, 1.82) is 0 Å². The average molecular weight is 364 g/mol. The quantitative estimate of drug-likeness (QED) is 0.799. The zero-order valence-corrected chi connectivity index (χ0v) is 14.8. The fraction of sp³-hybridized carbons (Fsp3) is 0.412. The lowest BCUT2D eigenvalue weighted by Gasteiger charge is -2.26. The maximum absolute atomic E-state index is 12.2. The molecule has 1 aliphatic rings. The largest absolute Gasteiger partial charge is 0.497 e. The first-order chi connectivity index (χ1) is 12.0. The molecule has 0 spiro atoms. The van der Waals surface area contributed by atoms with E-state index in [1.807, 2.05) is 24.3 Å². The number of rotatable bonds is 5. The maximum atomic E-state index is 12.2. The Morgan fingerprint density at radius 1 is 1.24 bits per heavy atom. The molecule has 1 fully saturated rings. The summed E-state index contributed by atoms with van der Waals surface area (Å²) in [6.45, 7) is 0.535. The number of methoxy groups -OCH3 is 1. The monoisotopic (exact) mass is 364 g/mol. The predicted octanol–water partition coefficient (Wildman–Crippen LogP) is 1.54. The molecule has 7 nitrogen and oxygen atoms in total. The molecule has 134 valence electrons. The van der Waals surface area contributed by atoms with Crippen LogP contribution in [0.1, 0.15) is 12.3 Å². The van der Waals surface area contributed by atoms with Crippen molar-refractivity contribution < 1.29 is 22.4 Å². The molecule has 8 heteroatoms. The lowest BCUT2D eigenvalue weighted by Crippen LogP contribution is -2.43. The predicted molar refractivity (Wildman–Crippen MR) is 92.0 cm³/mol. The zero-order valence-electron chi connectivity index (χ0n) is 14.0. The summed E-state index contributed by atoms with van der Waals surface area (Å²) in [5.74, 6) is 1.90. The third-order valence-corrected chi connectivity index (χ3v) is 5.79. The summed E-state index contributed by atoms with van der Waals surface area (Å²) in [6, 6.07) is 7.43. The number of benzene rings is 1. The molecule has 2 aromatic rings. The van der Waals surface area contributed by atoms with Crippen molar-refractivity contribution in [2.24, 2.45) is 0 Å². The molecule has 0 unspecified atom stereocenters. The van der Waals surface area contributed by atoms with Crippen LogP contribution in [-0.4, -0.2) is 55.9 Å². The second kappa shape index (κ2) is 7.26. The first-order valence-electron chi connectivity index (χ1n) is 8.04. The molecule has 25 heavy (non-hydrogen) atoms. The van der Waals surface area contributed by atoms with Gasteiger partial charge in [-0.1, -0.05) is 0 Å². The van der Waals surface area contributed by atoms with Gasteiger partial charge in [-0.2, -0.15) is 0 Å². The van der Waals surface area contributed by atoms with Gasteiger partial charge < -0.3 is 14.1 Å². The van der Waals surface area contributed by atoms with E-state index in [1.165, 1.54) is 0 Å². The Balaban J connectivity index is 1.55. The summed E-state index contributed by atoms with van der Waals surface area (Å²) in [7, 11) is -1.37. The van der Waals surface area contributed by atoms with Crippen LogP contribution in [0.3, 0.4) is 0 Å². The van der Waals surface area contributed by atoms with Crippen molar-refractivity contribution in [3.63, 3.8) is 0 Å². The molecule has 1 aliphatic heterocycles. The van der Waals surface area contributed by atoms with Crippen molar-refractivity contribution in [3.8, 4) is 17.1 Å². The van der Waals surface area contributed by atoms with E-state index in [0.29, 0.717) is 18.1 Å². The smallest absolute Gasteiger partial charge is 0.223 e. The molecule has 3 rings (SSSR count). The highest BCUT2D eigenvalue weighted by Crippen LogP contribution is 2.23. The van der Waals surface area contributed by atoms with Gasteiger partial charge in [0.05, 0.1) is 24.8 Å². The Hall–Kier alpha value is -2.35. The number of aryl methyl sites for hydroxylation is 1. The van der Waals surface area contributed by atoms with E-state index >= 15 is 0 Å². The lowest BCUT2D eigenvalue weighted by atomic mass is 10.2. The van der Waals surface area contributed by atoms with Gasteiger partial charge in [0, 0.05) is 31.5 Å². The van der Waals surface area contributed by atoms with Gasteiger partial charge in [-0.3, -0.25) is 4.79 Å². The van der Waals surface area contributed by atoms with Gasteiger partial charge in [0.2, 0.25) is 5.91 Å². The van der Waals surface area contributed by atoms with Crippen LogP contribution in [0, 0.1) is 0 Å². The molecule has 1 amide bonds. The Bertz CT molecular complexity index is 828. The standard InChI is InChI=1S/C17H20N2O5S/c1-23-14-4-2-13(3-5-14)15-12-18-16(24-15)6-7-17(20)19-8-10-25(21,22)11-9-19/h2-5,12H,6-11H2,1H3. The molecule has 0 saturated carbocycles. The van der Waals surface area contributed by atoms with E-state index in [4.69, 9.17) is 9.15 Å². The van der Waals surface area contributed by atoms with E-state index in [9.17, 15) is 13.2 Å². The molecule has 1 aromatic heterocycles. The van der Waals surface area contributed by atoms with Crippen LogP contribution in [0.4, 0.5) is 0 Å². The number of nitrogens with zero attached hydrogens (tertiary/aromatic N) is 2. The van der Waals surface area contributed by atoms with E-state index in [0.717, 1.165) is 11.3 Å². The molecule has 0 bridgehead atoms. The minimum atomic E-state index is -2.98. The number of hydrogen-bond donors (Lipinski definition) is 0. The van der Waals surface area contributed by atoms with Crippen LogP contribution in [0.25, 0.3) is 11.3 Å². The average Bonchev–Trinajstić information content (AvgIpc) is 3.09. The molecule has 1 saturated heterocycles. The highest BCUT2D eigenvalue weighted by atomic mass is 32.2. The van der Waals surface area contributed by atoms with Gasteiger partial charge in [0.1, 0.15) is 5.75 Å². The molecule has 0 aliphatic carbocycles. The number of amides is 1. The van der Waals surface area contributed by atoms with Gasteiger partial charge in [-0.15, -0.1) is 0 Å². The molecule has 0 N–H and O–H groups in total. The molecule has 1 aromatic carbocycles. The SMILES string of the molecule is COc1ccc(-c2cnc(CCC(=O)N3CCS(=O)(=O)CC3)o2)cc1. The summed E-state index contributed by atoms with van der Waals surface area (Å²) in [5, 5.41) is 0. The number of aromatic nitrogens is 1. The lowest BCUT2D eigenvalue weighted by molar-refractivity contribution is -0.130. The van der Waals surface area contributed by atoms with Crippen molar-refractivity contribution in [2.75, 3.05) is 31.7 Å². The van der Waals surface area contributed by atoms with Crippen LogP contribution in [0.15, 0.2) is 34.9 Å². The van der Waals surface area contributed by atoms with Crippen molar-refractivity contribution in [1.82, 2.24) is 9.88 Å². The van der Waals surface area contributed by atoms with Gasteiger partial charge in [-0.05, 0) is 24.3 Å². The summed E-state index contributed by atoms with van der Waals surface area (Å²) in [5.41, 5.74) is 0.882. The topological polar surface area (TPSA) is 89.7 Å². The second-order valence-electron chi connectivity index (χ2n) is 5.88. The van der Waals surface area contributed by atoms with Gasteiger partial charge in [-0.25, -0.2) is 13.4 Å². The molecular formula is C17H20N2O5S. The van der Waals surface area contributed by atoms with Crippen LogP contribution in [0.2, 0.25) is 0 Å². The van der Waals surface area contributed by atoms with Crippen LogP contribution < -0.4 is 4.74 Å².